The molecule has 1 aromatic heterocycles. The molecule has 2 aliphatic heterocycles. The SMILES string of the molecule is CC(=O)N1CCC(CNC(=O)Cc2ccc3ccn(C4CCN(C(F)Cc5ccccc5)CC4)c3c2)CC1. The summed E-state index contributed by atoms with van der Waals surface area (Å²) in [4.78, 5) is 28.1. The zero-order valence-corrected chi connectivity index (χ0v) is 22.3. The highest BCUT2D eigenvalue weighted by Crippen LogP contribution is 2.30. The van der Waals surface area contributed by atoms with Gasteiger partial charge < -0.3 is 14.8 Å². The molecule has 2 aromatic carbocycles. The van der Waals surface area contributed by atoms with Gasteiger partial charge in [0.1, 0.15) is 0 Å². The predicted molar refractivity (Wildman–Crippen MR) is 149 cm³/mol. The van der Waals surface area contributed by atoms with E-state index in [2.05, 4.69) is 34.3 Å². The van der Waals surface area contributed by atoms with Crippen LogP contribution in [-0.2, 0) is 22.4 Å². The molecule has 0 radical (unpaired) electrons. The van der Waals surface area contributed by atoms with Crippen molar-refractivity contribution >= 4 is 22.7 Å². The number of hydrogen-bond acceptors (Lipinski definition) is 3. The number of carbonyl (C=O) groups excluding carboxylic acids is 2. The van der Waals surface area contributed by atoms with E-state index in [9.17, 15) is 14.0 Å². The van der Waals surface area contributed by atoms with Crippen molar-refractivity contribution in [1.82, 2.24) is 19.7 Å². The molecule has 1 unspecified atom stereocenters. The van der Waals surface area contributed by atoms with Crippen LogP contribution in [0.3, 0.4) is 0 Å². The molecule has 5 rings (SSSR count). The largest absolute Gasteiger partial charge is 0.356 e. The number of nitrogens with zero attached hydrogens (tertiary/aromatic N) is 3. The van der Waals surface area contributed by atoms with Gasteiger partial charge in [-0.15, -0.1) is 0 Å². The van der Waals surface area contributed by atoms with Crippen molar-refractivity contribution in [3.8, 4) is 0 Å². The Labute approximate surface area is 224 Å². The van der Waals surface area contributed by atoms with E-state index in [1.54, 1.807) is 6.92 Å². The van der Waals surface area contributed by atoms with E-state index in [-0.39, 0.29) is 11.8 Å². The topological polar surface area (TPSA) is 57.6 Å². The maximum Gasteiger partial charge on any atom is 0.224 e. The number of halogens is 1. The van der Waals surface area contributed by atoms with Gasteiger partial charge in [0.2, 0.25) is 11.8 Å². The minimum atomic E-state index is -0.952. The molecular formula is C31H39FN4O2. The van der Waals surface area contributed by atoms with E-state index in [0.29, 0.717) is 31.3 Å². The third-order valence-corrected chi connectivity index (χ3v) is 8.34. The van der Waals surface area contributed by atoms with Crippen molar-refractivity contribution in [1.29, 1.82) is 0 Å². The van der Waals surface area contributed by atoms with Crippen LogP contribution in [0.4, 0.5) is 4.39 Å². The first-order valence-corrected chi connectivity index (χ1v) is 14.0. The fourth-order valence-corrected chi connectivity index (χ4v) is 5.96. The quantitative estimate of drug-likeness (QED) is 0.439. The minimum Gasteiger partial charge on any atom is -0.356 e. The molecule has 0 saturated carbocycles. The van der Waals surface area contributed by atoms with Gasteiger partial charge in [0, 0.05) is 63.8 Å². The Hall–Kier alpha value is -3.19. The molecule has 7 heteroatoms. The average Bonchev–Trinajstić information content (AvgIpc) is 3.36. The zero-order valence-electron chi connectivity index (χ0n) is 22.3. The first-order chi connectivity index (χ1) is 18.5. The zero-order chi connectivity index (χ0) is 26.5. The summed E-state index contributed by atoms with van der Waals surface area (Å²) in [6, 6.07) is 18.6. The number of likely N-dealkylation sites (tertiary alicyclic amines) is 2. The summed E-state index contributed by atoms with van der Waals surface area (Å²) < 4.78 is 17.3. The lowest BCUT2D eigenvalue weighted by molar-refractivity contribution is -0.130. The van der Waals surface area contributed by atoms with Crippen molar-refractivity contribution in [2.75, 3.05) is 32.7 Å². The molecule has 1 N–H and O–H groups in total. The van der Waals surface area contributed by atoms with E-state index in [4.69, 9.17) is 0 Å². The van der Waals surface area contributed by atoms with E-state index in [1.807, 2.05) is 46.2 Å². The van der Waals surface area contributed by atoms with Gasteiger partial charge >= 0.3 is 0 Å². The smallest absolute Gasteiger partial charge is 0.224 e. The van der Waals surface area contributed by atoms with Gasteiger partial charge in [-0.05, 0) is 60.2 Å². The van der Waals surface area contributed by atoms with Crippen molar-refractivity contribution in [2.45, 2.75) is 57.8 Å². The minimum absolute atomic E-state index is 0.0390. The summed E-state index contributed by atoms with van der Waals surface area (Å²) in [5.74, 6) is 0.599. The molecule has 0 aliphatic carbocycles. The third kappa shape index (κ3) is 6.44. The lowest BCUT2D eigenvalue weighted by Crippen LogP contribution is -2.40. The Morgan fingerprint density at radius 1 is 0.947 bits per heavy atom. The normalized spacial score (nSPS) is 18.5. The molecule has 1 atom stereocenters. The second-order valence-electron chi connectivity index (χ2n) is 10.9. The summed E-state index contributed by atoms with van der Waals surface area (Å²) in [7, 11) is 0. The lowest BCUT2D eigenvalue weighted by Gasteiger charge is -2.35. The third-order valence-electron chi connectivity index (χ3n) is 8.34. The molecule has 202 valence electrons. The van der Waals surface area contributed by atoms with Crippen LogP contribution < -0.4 is 5.32 Å². The number of carbonyl (C=O) groups is 2. The first-order valence-electron chi connectivity index (χ1n) is 14.0. The van der Waals surface area contributed by atoms with Crippen LogP contribution in [0.15, 0.2) is 60.8 Å². The van der Waals surface area contributed by atoms with Crippen molar-refractivity contribution in [3.05, 3.63) is 71.9 Å². The van der Waals surface area contributed by atoms with Crippen LogP contribution in [-0.4, -0.2) is 65.2 Å². The van der Waals surface area contributed by atoms with Gasteiger partial charge in [0.25, 0.3) is 0 Å². The molecule has 38 heavy (non-hydrogen) atoms. The number of benzene rings is 2. The fourth-order valence-electron chi connectivity index (χ4n) is 5.96. The number of rotatable bonds is 8. The van der Waals surface area contributed by atoms with Crippen LogP contribution in [0.5, 0.6) is 0 Å². The number of nitrogens with one attached hydrogen (secondary N) is 1. The molecule has 6 nitrogen and oxygen atoms in total. The molecule has 2 saturated heterocycles. The Balaban J connectivity index is 1.13. The van der Waals surface area contributed by atoms with Crippen LogP contribution in [0.25, 0.3) is 10.9 Å². The molecule has 3 aromatic rings. The second-order valence-corrected chi connectivity index (χ2v) is 10.9. The Bertz CT molecular complexity index is 1230. The molecule has 2 aliphatic rings. The van der Waals surface area contributed by atoms with Crippen LogP contribution >= 0.6 is 0 Å². The summed E-state index contributed by atoms with van der Waals surface area (Å²) in [5, 5.41) is 4.28. The number of piperidine rings is 2. The highest BCUT2D eigenvalue weighted by molar-refractivity contribution is 5.84. The molecule has 2 fully saturated rings. The average molecular weight is 519 g/mol. The molecule has 3 heterocycles. The molecule has 2 amide bonds. The van der Waals surface area contributed by atoms with Gasteiger partial charge in [-0.25, -0.2) is 4.39 Å². The lowest BCUT2D eigenvalue weighted by atomic mass is 9.96. The molecular weight excluding hydrogens is 479 g/mol. The van der Waals surface area contributed by atoms with Crippen molar-refractivity contribution in [3.63, 3.8) is 0 Å². The summed E-state index contributed by atoms with van der Waals surface area (Å²) in [6.45, 7) is 5.33. The van der Waals surface area contributed by atoms with Gasteiger partial charge in [-0.2, -0.15) is 0 Å². The van der Waals surface area contributed by atoms with Gasteiger partial charge in [0.05, 0.1) is 6.42 Å². The Morgan fingerprint density at radius 3 is 2.39 bits per heavy atom. The fraction of sp³-hybridized carbons (Fsp3) is 0.484. The highest BCUT2D eigenvalue weighted by Gasteiger charge is 2.26. The first kappa shape index (κ1) is 26.4. The number of fused-ring (bicyclic) bond motifs is 1. The molecule has 0 spiro atoms. The van der Waals surface area contributed by atoms with E-state index >= 15 is 0 Å². The summed E-state index contributed by atoms with van der Waals surface area (Å²) in [6.07, 6.45) is 5.67. The van der Waals surface area contributed by atoms with Crippen LogP contribution in [0, 0.1) is 5.92 Å². The van der Waals surface area contributed by atoms with Gasteiger partial charge in [0.15, 0.2) is 6.30 Å². The van der Waals surface area contributed by atoms with Crippen molar-refractivity contribution in [2.24, 2.45) is 5.92 Å². The second kappa shape index (κ2) is 12.1. The van der Waals surface area contributed by atoms with E-state index < -0.39 is 6.30 Å². The van der Waals surface area contributed by atoms with Gasteiger partial charge in [-0.3, -0.25) is 14.5 Å². The van der Waals surface area contributed by atoms with Crippen molar-refractivity contribution < 1.29 is 14.0 Å². The van der Waals surface area contributed by atoms with E-state index in [0.717, 1.165) is 68.5 Å². The van der Waals surface area contributed by atoms with Crippen LogP contribution in [0.1, 0.15) is 49.8 Å². The Morgan fingerprint density at radius 2 is 1.68 bits per heavy atom. The number of aromatic nitrogens is 1. The number of hydrogen-bond donors (Lipinski definition) is 1. The number of alkyl halides is 1. The predicted octanol–water partition coefficient (Wildman–Crippen LogP) is 4.73. The maximum absolute atomic E-state index is 15.0. The summed E-state index contributed by atoms with van der Waals surface area (Å²) in [5.41, 5.74) is 3.19. The van der Waals surface area contributed by atoms with Gasteiger partial charge in [-0.1, -0.05) is 42.5 Å². The monoisotopic (exact) mass is 518 g/mol. The number of amides is 2. The standard InChI is InChI=1S/C31H39FN4O2/c1-23(37)34-14-9-25(10-15-34)22-33-31(38)21-26-7-8-27-11-18-36(29(27)19-26)28-12-16-35(17-13-28)30(32)20-24-5-3-2-4-6-24/h2-8,11,18-19,25,28,30H,9-10,12-17,20-22H2,1H3,(H,33,38). The van der Waals surface area contributed by atoms with E-state index in [1.165, 1.54) is 5.39 Å². The molecule has 0 bridgehead atoms. The van der Waals surface area contributed by atoms with Crippen LogP contribution in [0.2, 0.25) is 0 Å². The summed E-state index contributed by atoms with van der Waals surface area (Å²) >= 11 is 0. The highest BCUT2D eigenvalue weighted by atomic mass is 19.1. The Kier molecular flexibility index (Phi) is 8.42. The maximum atomic E-state index is 15.0.